The summed E-state index contributed by atoms with van der Waals surface area (Å²) in [5.41, 5.74) is 3.97. The monoisotopic (exact) mass is 377 g/mol. The fraction of sp³-hybridized carbons (Fsp3) is 0.107. The molecular formula is C28H27N. The summed E-state index contributed by atoms with van der Waals surface area (Å²) in [5.74, 6) is 0. The first-order valence-corrected chi connectivity index (χ1v) is 9.96. The number of allylic oxidation sites excluding steroid dienone is 5. The Labute approximate surface area is 174 Å². The summed E-state index contributed by atoms with van der Waals surface area (Å²) in [6.45, 7) is 5.95. The zero-order valence-electron chi connectivity index (χ0n) is 16.9. The van der Waals surface area contributed by atoms with Crippen molar-refractivity contribution in [1.29, 1.82) is 0 Å². The molecule has 0 atom stereocenters. The Morgan fingerprint density at radius 2 is 1.24 bits per heavy atom. The van der Waals surface area contributed by atoms with Crippen molar-refractivity contribution < 1.29 is 0 Å². The van der Waals surface area contributed by atoms with E-state index >= 15 is 0 Å². The van der Waals surface area contributed by atoms with Gasteiger partial charge in [-0.1, -0.05) is 122 Å². The van der Waals surface area contributed by atoms with E-state index < -0.39 is 5.54 Å². The van der Waals surface area contributed by atoms with Crippen molar-refractivity contribution in [2.45, 2.75) is 18.9 Å². The predicted molar refractivity (Wildman–Crippen MR) is 125 cm³/mol. The first-order chi connectivity index (χ1) is 14.3. The van der Waals surface area contributed by atoms with Gasteiger partial charge in [0.15, 0.2) is 0 Å². The lowest BCUT2D eigenvalue weighted by Crippen LogP contribution is -2.27. The van der Waals surface area contributed by atoms with Crippen molar-refractivity contribution in [3.8, 4) is 0 Å². The Morgan fingerprint density at radius 3 is 1.62 bits per heavy atom. The molecule has 3 aromatic carbocycles. The Hall–Kier alpha value is -3.45. The van der Waals surface area contributed by atoms with Crippen LogP contribution in [0.5, 0.6) is 0 Å². The Balaban J connectivity index is 2.17. The van der Waals surface area contributed by atoms with E-state index in [1.807, 2.05) is 49.6 Å². The standard InChI is InChI=1S/C28H27N/c1-3-5-15-24(4-2)22-23-29-28(25-16-9-6-10-17-25,26-18-11-7-12-19-26)27-20-13-8-14-21-27/h3-21,23H,2,22H2,1H3/b5-3-,24-15+,29-23?. The molecule has 0 N–H and O–H groups in total. The van der Waals surface area contributed by atoms with Gasteiger partial charge in [0.1, 0.15) is 5.54 Å². The Kier molecular flexibility index (Phi) is 7.13. The lowest BCUT2D eigenvalue weighted by molar-refractivity contribution is 0.658. The minimum absolute atomic E-state index is 0.601. The molecule has 0 fully saturated rings. The van der Waals surface area contributed by atoms with Crippen LogP contribution in [0.2, 0.25) is 0 Å². The number of rotatable bonds is 8. The van der Waals surface area contributed by atoms with Gasteiger partial charge >= 0.3 is 0 Å². The third-order valence-corrected chi connectivity index (χ3v) is 4.95. The molecule has 0 saturated heterocycles. The summed E-state index contributed by atoms with van der Waals surface area (Å²) < 4.78 is 0. The maximum absolute atomic E-state index is 5.22. The van der Waals surface area contributed by atoms with E-state index in [2.05, 4.69) is 85.5 Å². The van der Waals surface area contributed by atoms with Crippen LogP contribution in [-0.4, -0.2) is 6.21 Å². The molecule has 29 heavy (non-hydrogen) atoms. The molecule has 0 saturated carbocycles. The highest BCUT2D eigenvalue weighted by Crippen LogP contribution is 2.40. The van der Waals surface area contributed by atoms with Gasteiger partial charge in [-0.05, 0) is 29.2 Å². The van der Waals surface area contributed by atoms with Gasteiger partial charge in [0.25, 0.3) is 0 Å². The normalized spacial score (nSPS) is 12.5. The Bertz CT molecular complexity index is 884. The highest BCUT2D eigenvalue weighted by molar-refractivity contribution is 5.66. The Morgan fingerprint density at radius 1 is 0.793 bits per heavy atom. The van der Waals surface area contributed by atoms with Crippen LogP contribution in [0.1, 0.15) is 30.0 Å². The SMILES string of the molecule is C=C/C(=C\C=C/C)CC=NC(c1ccccc1)(c1ccccc1)c1ccccc1. The summed E-state index contributed by atoms with van der Waals surface area (Å²) in [6.07, 6.45) is 10.8. The fourth-order valence-electron chi connectivity index (χ4n) is 3.49. The fourth-order valence-corrected chi connectivity index (χ4v) is 3.49. The van der Waals surface area contributed by atoms with Crippen LogP contribution in [0, 0.1) is 0 Å². The molecule has 0 aromatic heterocycles. The molecule has 0 bridgehead atoms. The number of aliphatic imine (C=N–C) groups is 1. The van der Waals surface area contributed by atoms with Crippen LogP contribution in [-0.2, 0) is 5.54 Å². The lowest BCUT2D eigenvalue weighted by Gasteiger charge is -2.32. The molecule has 0 heterocycles. The molecule has 0 aliphatic carbocycles. The molecule has 1 nitrogen and oxygen atoms in total. The quantitative estimate of drug-likeness (QED) is 0.225. The molecule has 0 spiro atoms. The summed E-state index contributed by atoms with van der Waals surface area (Å²) >= 11 is 0. The first-order valence-electron chi connectivity index (χ1n) is 9.96. The predicted octanol–water partition coefficient (Wildman–Crippen LogP) is 7.13. The highest BCUT2D eigenvalue weighted by Gasteiger charge is 2.35. The van der Waals surface area contributed by atoms with Crippen LogP contribution in [0.25, 0.3) is 0 Å². The summed E-state index contributed by atoms with van der Waals surface area (Å²) in [7, 11) is 0. The van der Waals surface area contributed by atoms with Crippen LogP contribution in [0.3, 0.4) is 0 Å². The zero-order chi connectivity index (χ0) is 20.4. The second-order valence-corrected chi connectivity index (χ2v) is 6.80. The van der Waals surface area contributed by atoms with E-state index in [1.54, 1.807) is 0 Å². The average molecular weight is 378 g/mol. The van der Waals surface area contributed by atoms with Gasteiger partial charge in [-0.15, -0.1) is 0 Å². The van der Waals surface area contributed by atoms with Gasteiger partial charge in [-0.2, -0.15) is 0 Å². The van der Waals surface area contributed by atoms with Crippen molar-refractivity contribution in [3.63, 3.8) is 0 Å². The molecule has 0 aliphatic heterocycles. The van der Waals surface area contributed by atoms with E-state index in [0.717, 1.165) is 28.7 Å². The third-order valence-electron chi connectivity index (χ3n) is 4.95. The summed E-state index contributed by atoms with van der Waals surface area (Å²) in [4.78, 5) is 5.22. The maximum Gasteiger partial charge on any atom is 0.135 e. The van der Waals surface area contributed by atoms with Gasteiger partial charge in [0, 0.05) is 12.6 Å². The number of hydrogen-bond acceptors (Lipinski definition) is 1. The molecule has 3 aromatic rings. The van der Waals surface area contributed by atoms with E-state index in [1.165, 1.54) is 0 Å². The molecule has 1 heteroatoms. The molecule has 0 amide bonds. The van der Waals surface area contributed by atoms with Crippen LogP contribution in [0.4, 0.5) is 0 Å². The molecular weight excluding hydrogens is 350 g/mol. The molecule has 0 aliphatic rings. The van der Waals surface area contributed by atoms with E-state index in [4.69, 9.17) is 4.99 Å². The maximum atomic E-state index is 5.22. The lowest BCUT2D eigenvalue weighted by atomic mass is 9.77. The van der Waals surface area contributed by atoms with E-state index in [9.17, 15) is 0 Å². The van der Waals surface area contributed by atoms with Crippen LogP contribution < -0.4 is 0 Å². The minimum atomic E-state index is -0.601. The van der Waals surface area contributed by atoms with Crippen molar-refractivity contribution in [3.05, 3.63) is 144 Å². The second kappa shape index (κ2) is 10.2. The van der Waals surface area contributed by atoms with Crippen molar-refractivity contribution in [2.75, 3.05) is 0 Å². The van der Waals surface area contributed by atoms with Gasteiger partial charge in [-0.25, -0.2) is 0 Å². The number of nitrogens with zero attached hydrogens (tertiary/aromatic N) is 1. The molecule has 0 radical (unpaired) electrons. The second-order valence-electron chi connectivity index (χ2n) is 6.80. The molecule has 144 valence electrons. The zero-order valence-corrected chi connectivity index (χ0v) is 16.9. The largest absolute Gasteiger partial charge is 0.276 e. The molecule has 0 unspecified atom stereocenters. The summed E-state index contributed by atoms with van der Waals surface area (Å²) in [6, 6.07) is 31.5. The van der Waals surface area contributed by atoms with Crippen molar-refractivity contribution in [2.24, 2.45) is 4.99 Å². The van der Waals surface area contributed by atoms with Gasteiger partial charge in [-0.3, -0.25) is 4.99 Å². The minimum Gasteiger partial charge on any atom is -0.276 e. The van der Waals surface area contributed by atoms with Crippen molar-refractivity contribution in [1.82, 2.24) is 0 Å². The smallest absolute Gasteiger partial charge is 0.135 e. The third kappa shape index (κ3) is 4.70. The van der Waals surface area contributed by atoms with Crippen LogP contribution >= 0.6 is 0 Å². The average Bonchev–Trinajstić information content (AvgIpc) is 2.80. The van der Waals surface area contributed by atoms with Gasteiger partial charge in [0.05, 0.1) is 0 Å². The van der Waals surface area contributed by atoms with Crippen LogP contribution in [0.15, 0.2) is 132 Å². The number of benzene rings is 3. The van der Waals surface area contributed by atoms with E-state index in [-0.39, 0.29) is 0 Å². The van der Waals surface area contributed by atoms with Gasteiger partial charge < -0.3 is 0 Å². The highest BCUT2D eigenvalue weighted by atomic mass is 14.9. The summed E-state index contributed by atoms with van der Waals surface area (Å²) in [5, 5.41) is 0. The van der Waals surface area contributed by atoms with Crippen molar-refractivity contribution >= 4 is 6.21 Å². The topological polar surface area (TPSA) is 12.4 Å². The molecule has 3 rings (SSSR count). The van der Waals surface area contributed by atoms with Gasteiger partial charge in [0.2, 0.25) is 0 Å². The first kappa shape index (κ1) is 20.3. The number of hydrogen-bond donors (Lipinski definition) is 0. The van der Waals surface area contributed by atoms with E-state index in [0.29, 0.717) is 0 Å².